The van der Waals surface area contributed by atoms with Crippen LogP contribution in [0.4, 0.5) is 0 Å². The molecule has 5 atom stereocenters. The average Bonchev–Trinajstić information content (AvgIpc) is 2.77. The summed E-state index contributed by atoms with van der Waals surface area (Å²) in [5.41, 5.74) is -0.171. The summed E-state index contributed by atoms with van der Waals surface area (Å²) in [5, 5.41) is 49.4. The van der Waals surface area contributed by atoms with Gasteiger partial charge in [0, 0.05) is 30.9 Å². The summed E-state index contributed by atoms with van der Waals surface area (Å²) in [6, 6.07) is 9.22. The van der Waals surface area contributed by atoms with Crippen LogP contribution in [0.1, 0.15) is 0 Å². The second-order valence-electron chi connectivity index (χ2n) is 7.39. The Bertz CT molecular complexity index is 1230. The van der Waals surface area contributed by atoms with Gasteiger partial charge in [-0.15, -0.1) is 0 Å². The van der Waals surface area contributed by atoms with Crippen LogP contribution >= 0.6 is 0 Å². The van der Waals surface area contributed by atoms with Crippen molar-refractivity contribution in [3.63, 3.8) is 0 Å². The molecule has 1 fully saturated rings. The first-order chi connectivity index (χ1) is 15.7. The van der Waals surface area contributed by atoms with Crippen molar-refractivity contribution in [1.82, 2.24) is 0 Å². The van der Waals surface area contributed by atoms with Gasteiger partial charge in [-0.3, -0.25) is 4.79 Å². The third-order valence-corrected chi connectivity index (χ3v) is 5.19. The van der Waals surface area contributed by atoms with Crippen LogP contribution in [0.3, 0.4) is 0 Å². The number of fused-ring (bicyclic) bond motifs is 1. The standard InChI is InChI=1S/C22H20O11/c1-30-22-19(28)17(26)18(27)20(33-22)21(29)31-11-6-12(24)16-13(25)8-14(32-15(16)7-11)9-2-4-10(23)5-3-9/h2-8,17-20,22-24,26-28H,1H3/t17-,18-,19+,20-,22-/m0/s1. The number of phenols is 2. The van der Waals surface area contributed by atoms with Crippen molar-refractivity contribution in [2.45, 2.75) is 30.7 Å². The van der Waals surface area contributed by atoms with Crippen molar-refractivity contribution in [3.05, 3.63) is 52.7 Å². The molecule has 0 spiro atoms. The van der Waals surface area contributed by atoms with Gasteiger partial charge in [-0.1, -0.05) is 0 Å². The molecule has 1 aliphatic rings. The van der Waals surface area contributed by atoms with Gasteiger partial charge in [0.15, 0.2) is 17.8 Å². The Labute approximate surface area is 185 Å². The monoisotopic (exact) mass is 460 g/mol. The number of aliphatic hydroxyl groups is 3. The van der Waals surface area contributed by atoms with Gasteiger partial charge >= 0.3 is 5.97 Å². The molecule has 1 aliphatic heterocycles. The number of methoxy groups -OCH3 is 1. The normalized spacial score (nSPS) is 25.2. The van der Waals surface area contributed by atoms with Gasteiger partial charge in [-0.2, -0.15) is 0 Å². The molecule has 11 heteroatoms. The van der Waals surface area contributed by atoms with E-state index in [-0.39, 0.29) is 28.2 Å². The van der Waals surface area contributed by atoms with E-state index in [0.29, 0.717) is 5.56 Å². The quantitative estimate of drug-likeness (QED) is 0.266. The number of rotatable bonds is 4. The molecule has 5 N–H and O–H groups in total. The molecule has 4 rings (SSSR count). The van der Waals surface area contributed by atoms with Crippen LogP contribution < -0.4 is 10.2 Å². The number of aromatic hydroxyl groups is 2. The van der Waals surface area contributed by atoms with Crippen LogP contribution in [0, 0.1) is 0 Å². The molecule has 2 aromatic carbocycles. The van der Waals surface area contributed by atoms with Crippen LogP contribution in [-0.2, 0) is 14.3 Å². The average molecular weight is 460 g/mol. The number of benzene rings is 2. The second kappa shape index (κ2) is 8.81. The molecule has 1 aromatic heterocycles. The number of carbonyl (C=O) groups is 1. The lowest BCUT2D eigenvalue weighted by Gasteiger charge is -2.38. The first kappa shape index (κ1) is 22.7. The molecule has 0 aliphatic carbocycles. The van der Waals surface area contributed by atoms with Crippen molar-refractivity contribution in [3.8, 4) is 28.6 Å². The molecule has 1 saturated heterocycles. The molecule has 174 valence electrons. The first-order valence-electron chi connectivity index (χ1n) is 9.74. The summed E-state index contributed by atoms with van der Waals surface area (Å²) in [6.45, 7) is 0. The minimum atomic E-state index is -1.81. The zero-order valence-electron chi connectivity index (χ0n) is 17.1. The number of hydrogen-bond donors (Lipinski definition) is 5. The summed E-state index contributed by atoms with van der Waals surface area (Å²) in [7, 11) is 1.18. The Morgan fingerprint density at radius 3 is 2.33 bits per heavy atom. The SMILES string of the molecule is CO[C@H]1O[C@H](C(=O)Oc2cc(O)c3c(=O)cc(-c4ccc(O)cc4)oc3c2)[C@@H](O)[C@H](O)[C@H]1O. The Hall–Kier alpha value is -3.48. The van der Waals surface area contributed by atoms with Crippen LogP contribution in [0.5, 0.6) is 17.2 Å². The van der Waals surface area contributed by atoms with Gasteiger partial charge in [0.05, 0.1) is 0 Å². The van der Waals surface area contributed by atoms with E-state index < -0.39 is 47.9 Å². The number of phenolic OH excluding ortho intramolecular Hbond substituents is 2. The van der Waals surface area contributed by atoms with E-state index in [9.17, 15) is 35.1 Å². The molecular formula is C22H20O11. The minimum absolute atomic E-state index is 0.0224. The largest absolute Gasteiger partial charge is 0.508 e. The van der Waals surface area contributed by atoms with E-state index in [0.717, 1.165) is 6.07 Å². The van der Waals surface area contributed by atoms with E-state index in [2.05, 4.69) is 0 Å². The third-order valence-electron chi connectivity index (χ3n) is 5.19. The van der Waals surface area contributed by atoms with E-state index in [4.69, 9.17) is 18.6 Å². The summed E-state index contributed by atoms with van der Waals surface area (Å²) in [6.07, 6.45) is -8.24. The molecular weight excluding hydrogens is 440 g/mol. The number of hydrogen-bond acceptors (Lipinski definition) is 11. The highest BCUT2D eigenvalue weighted by Crippen LogP contribution is 2.32. The van der Waals surface area contributed by atoms with Gasteiger partial charge in [0.1, 0.15) is 52.3 Å². The molecule has 0 amide bonds. The van der Waals surface area contributed by atoms with Crippen molar-refractivity contribution >= 4 is 16.9 Å². The maximum absolute atomic E-state index is 12.6. The number of aliphatic hydroxyl groups excluding tert-OH is 3. The Balaban J connectivity index is 1.66. The lowest BCUT2D eigenvalue weighted by molar-refractivity contribution is -0.286. The third kappa shape index (κ3) is 4.27. The highest BCUT2D eigenvalue weighted by molar-refractivity contribution is 5.87. The van der Waals surface area contributed by atoms with Crippen molar-refractivity contribution < 1.29 is 49.0 Å². The zero-order valence-corrected chi connectivity index (χ0v) is 17.1. The molecule has 11 nitrogen and oxygen atoms in total. The Morgan fingerprint density at radius 1 is 0.970 bits per heavy atom. The second-order valence-corrected chi connectivity index (χ2v) is 7.39. The highest BCUT2D eigenvalue weighted by Gasteiger charge is 2.48. The Morgan fingerprint density at radius 2 is 1.67 bits per heavy atom. The number of ether oxygens (including phenoxy) is 3. The fraction of sp³-hybridized carbons (Fsp3) is 0.273. The molecule has 0 radical (unpaired) electrons. The van der Waals surface area contributed by atoms with Crippen LogP contribution in [-0.4, -0.2) is 69.3 Å². The van der Waals surface area contributed by atoms with Gasteiger partial charge in [0.25, 0.3) is 0 Å². The van der Waals surface area contributed by atoms with Crippen molar-refractivity contribution in [2.75, 3.05) is 7.11 Å². The Kier molecular flexibility index (Phi) is 6.06. The first-order valence-corrected chi connectivity index (χ1v) is 9.74. The fourth-order valence-electron chi connectivity index (χ4n) is 3.48. The molecule has 0 unspecified atom stereocenters. The van der Waals surface area contributed by atoms with Gasteiger partial charge in [-0.25, -0.2) is 4.79 Å². The predicted octanol–water partition coefficient (Wildman–Crippen LogP) is 0.231. The van der Waals surface area contributed by atoms with Crippen molar-refractivity contribution in [2.24, 2.45) is 0 Å². The van der Waals surface area contributed by atoms with Crippen LogP contribution in [0.2, 0.25) is 0 Å². The summed E-state index contributed by atoms with van der Waals surface area (Å²) >= 11 is 0. The van der Waals surface area contributed by atoms with Crippen molar-refractivity contribution in [1.29, 1.82) is 0 Å². The molecule has 0 saturated carbocycles. The summed E-state index contributed by atoms with van der Waals surface area (Å²) < 4.78 is 20.9. The highest BCUT2D eigenvalue weighted by atomic mass is 16.7. The smallest absolute Gasteiger partial charge is 0.343 e. The molecule has 0 bridgehead atoms. The fourth-order valence-corrected chi connectivity index (χ4v) is 3.48. The van der Waals surface area contributed by atoms with E-state index in [1.165, 1.54) is 43.5 Å². The van der Waals surface area contributed by atoms with Crippen LogP contribution in [0.15, 0.2) is 51.7 Å². The maximum atomic E-state index is 12.6. The molecule has 2 heterocycles. The number of esters is 1. The minimum Gasteiger partial charge on any atom is -0.508 e. The predicted molar refractivity (Wildman–Crippen MR) is 111 cm³/mol. The topological polar surface area (TPSA) is 176 Å². The van der Waals surface area contributed by atoms with E-state index in [1.54, 1.807) is 0 Å². The molecule has 3 aromatic rings. The summed E-state index contributed by atoms with van der Waals surface area (Å²) in [5.74, 6) is -1.74. The molecule has 33 heavy (non-hydrogen) atoms. The lowest BCUT2D eigenvalue weighted by Crippen LogP contribution is -2.60. The number of carbonyl (C=O) groups excluding carboxylic acids is 1. The summed E-state index contributed by atoms with van der Waals surface area (Å²) in [4.78, 5) is 25.1. The van der Waals surface area contributed by atoms with Crippen LogP contribution in [0.25, 0.3) is 22.3 Å². The van der Waals surface area contributed by atoms with Gasteiger partial charge < -0.3 is 44.2 Å². The van der Waals surface area contributed by atoms with E-state index in [1.807, 2.05) is 0 Å². The van der Waals surface area contributed by atoms with Gasteiger partial charge in [0.2, 0.25) is 0 Å². The zero-order chi connectivity index (χ0) is 23.9. The maximum Gasteiger partial charge on any atom is 0.343 e. The lowest BCUT2D eigenvalue weighted by atomic mass is 9.99. The van der Waals surface area contributed by atoms with E-state index >= 15 is 0 Å². The van der Waals surface area contributed by atoms with Gasteiger partial charge in [-0.05, 0) is 24.3 Å².